The van der Waals surface area contributed by atoms with Crippen LogP contribution >= 0.6 is 27.5 Å². The van der Waals surface area contributed by atoms with Crippen LogP contribution in [0.15, 0.2) is 22.7 Å². The Morgan fingerprint density at radius 2 is 2.14 bits per heavy atom. The molecule has 5 nitrogen and oxygen atoms in total. The highest BCUT2D eigenvalue weighted by atomic mass is 79.9. The second-order valence-corrected chi connectivity index (χ2v) is 5.34. The Bertz CT molecular complexity index is 629. The summed E-state index contributed by atoms with van der Waals surface area (Å²) >= 11 is 9.17. The lowest BCUT2D eigenvalue weighted by atomic mass is 10.2. The Hall–Kier alpha value is -1.47. The summed E-state index contributed by atoms with van der Waals surface area (Å²) in [4.78, 5) is 11.9. The molecular formula is C13H13BrClFN4O. The maximum absolute atomic E-state index is 13.2. The molecule has 112 valence electrons. The highest BCUT2D eigenvalue weighted by Gasteiger charge is 2.07. The van der Waals surface area contributed by atoms with Crippen LogP contribution in [0, 0.1) is 5.82 Å². The summed E-state index contributed by atoms with van der Waals surface area (Å²) in [6, 6.07) is 4.61. The number of hydrogen-bond acceptors (Lipinski definition) is 5. The number of benzene rings is 1. The number of anilines is 1. The lowest BCUT2D eigenvalue weighted by molar-refractivity contribution is 0.291. The van der Waals surface area contributed by atoms with E-state index in [2.05, 4.69) is 36.2 Å². The molecule has 0 saturated carbocycles. The highest BCUT2D eigenvalue weighted by Crippen LogP contribution is 2.19. The van der Waals surface area contributed by atoms with Crippen LogP contribution in [0.1, 0.15) is 18.9 Å². The molecular weight excluding hydrogens is 363 g/mol. The summed E-state index contributed by atoms with van der Waals surface area (Å²) < 4.78 is 19.3. The Balaban J connectivity index is 2.08. The zero-order valence-electron chi connectivity index (χ0n) is 11.2. The molecule has 0 bridgehead atoms. The van der Waals surface area contributed by atoms with Gasteiger partial charge >= 0.3 is 6.01 Å². The average Bonchev–Trinajstić information content (AvgIpc) is 2.45. The van der Waals surface area contributed by atoms with E-state index in [0.29, 0.717) is 13.2 Å². The molecule has 0 saturated heterocycles. The summed E-state index contributed by atoms with van der Waals surface area (Å²) in [7, 11) is 0. The quantitative estimate of drug-likeness (QED) is 0.831. The van der Waals surface area contributed by atoms with Crippen LogP contribution in [-0.2, 0) is 6.54 Å². The van der Waals surface area contributed by atoms with Gasteiger partial charge in [-0.25, -0.2) is 4.39 Å². The van der Waals surface area contributed by atoms with Crippen molar-refractivity contribution in [1.82, 2.24) is 15.0 Å². The fourth-order valence-electron chi connectivity index (χ4n) is 1.52. The van der Waals surface area contributed by atoms with Gasteiger partial charge in [-0.15, -0.1) is 0 Å². The van der Waals surface area contributed by atoms with Crippen molar-refractivity contribution in [2.24, 2.45) is 0 Å². The first-order valence-corrected chi connectivity index (χ1v) is 7.47. The van der Waals surface area contributed by atoms with Crippen molar-refractivity contribution in [2.45, 2.75) is 19.9 Å². The summed E-state index contributed by atoms with van der Waals surface area (Å²) in [6.45, 7) is 2.81. The smallest absolute Gasteiger partial charge is 0.322 e. The van der Waals surface area contributed by atoms with Gasteiger partial charge in [0.25, 0.3) is 0 Å². The molecule has 0 atom stereocenters. The zero-order valence-corrected chi connectivity index (χ0v) is 13.6. The number of aromatic nitrogens is 3. The molecule has 0 aliphatic rings. The van der Waals surface area contributed by atoms with Crippen LogP contribution in [0.3, 0.4) is 0 Å². The highest BCUT2D eigenvalue weighted by molar-refractivity contribution is 9.10. The van der Waals surface area contributed by atoms with Crippen LogP contribution in [0.5, 0.6) is 6.01 Å². The van der Waals surface area contributed by atoms with Crippen molar-refractivity contribution in [2.75, 3.05) is 11.9 Å². The largest absolute Gasteiger partial charge is 0.463 e. The summed E-state index contributed by atoms with van der Waals surface area (Å²) in [6.07, 6.45) is 0.836. The van der Waals surface area contributed by atoms with Crippen molar-refractivity contribution in [3.63, 3.8) is 0 Å². The number of nitrogens with one attached hydrogen (secondary N) is 1. The molecule has 21 heavy (non-hydrogen) atoms. The third-order valence-corrected chi connectivity index (χ3v) is 3.41. The number of rotatable bonds is 6. The van der Waals surface area contributed by atoms with Gasteiger partial charge in [0.05, 0.1) is 6.61 Å². The number of halogens is 3. The van der Waals surface area contributed by atoms with Gasteiger partial charge in [-0.3, -0.25) is 0 Å². The van der Waals surface area contributed by atoms with Crippen molar-refractivity contribution in [3.8, 4) is 6.01 Å². The number of hydrogen-bond donors (Lipinski definition) is 1. The fraction of sp³-hybridized carbons (Fsp3) is 0.308. The van der Waals surface area contributed by atoms with E-state index < -0.39 is 0 Å². The molecule has 0 spiro atoms. The third kappa shape index (κ3) is 4.78. The molecule has 0 amide bonds. The van der Waals surface area contributed by atoms with E-state index >= 15 is 0 Å². The number of nitrogens with zero attached hydrogens (tertiary/aromatic N) is 3. The Morgan fingerprint density at radius 1 is 1.33 bits per heavy atom. The van der Waals surface area contributed by atoms with Gasteiger partial charge in [-0.1, -0.05) is 22.9 Å². The second-order valence-electron chi connectivity index (χ2n) is 4.15. The first-order chi connectivity index (χ1) is 10.1. The monoisotopic (exact) mass is 374 g/mol. The first-order valence-electron chi connectivity index (χ1n) is 6.30. The molecule has 1 heterocycles. The van der Waals surface area contributed by atoms with Crippen LogP contribution in [0.4, 0.5) is 10.3 Å². The van der Waals surface area contributed by atoms with E-state index in [9.17, 15) is 4.39 Å². The lowest BCUT2D eigenvalue weighted by Gasteiger charge is -2.08. The van der Waals surface area contributed by atoms with E-state index in [0.717, 1.165) is 16.5 Å². The maximum Gasteiger partial charge on any atom is 0.322 e. The topological polar surface area (TPSA) is 59.9 Å². The molecule has 0 unspecified atom stereocenters. The Morgan fingerprint density at radius 3 is 2.90 bits per heavy atom. The van der Waals surface area contributed by atoms with Gasteiger partial charge in [0, 0.05) is 11.0 Å². The second kappa shape index (κ2) is 7.51. The van der Waals surface area contributed by atoms with Gasteiger partial charge in [0.15, 0.2) is 0 Å². The SMILES string of the molecule is CCCOc1nc(Cl)nc(NCc2cc(F)ccc2Br)n1. The predicted octanol–water partition coefficient (Wildman–Crippen LogP) is 3.83. The summed E-state index contributed by atoms with van der Waals surface area (Å²) in [5.41, 5.74) is 0.738. The fourth-order valence-corrected chi connectivity index (χ4v) is 2.06. The first kappa shape index (κ1) is 15.9. The van der Waals surface area contributed by atoms with Gasteiger partial charge in [-0.2, -0.15) is 15.0 Å². The normalized spacial score (nSPS) is 10.5. The van der Waals surface area contributed by atoms with Crippen LogP contribution < -0.4 is 10.1 Å². The van der Waals surface area contributed by atoms with Gasteiger partial charge in [0.1, 0.15) is 5.82 Å². The molecule has 0 aliphatic heterocycles. The van der Waals surface area contributed by atoms with E-state index in [1.165, 1.54) is 12.1 Å². The summed E-state index contributed by atoms with van der Waals surface area (Å²) in [5, 5.41) is 3.00. The van der Waals surface area contributed by atoms with Gasteiger partial charge < -0.3 is 10.1 Å². The predicted molar refractivity (Wildman–Crippen MR) is 82.0 cm³/mol. The van der Waals surface area contributed by atoms with E-state index in [-0.39, 0.29) is 23.1 Å². The third-order valence-electron chi connectivity index (χ3n) is 2.47. The van der Waals surface area contributed by atoms with Crippen LogP contribution in [0.25, 0.3) is 0 Å². The minimum Gasteiger partial charge on any atom is -0.463 e. The standard InChI is InChI=1S/C13H13BrClFN4O/c1-2-5-21-13-19-11(15)18-12(20-13)17-7-8-6-9(16)3-4-10(8)14/h3-4,6H,2,5,7H2,1H3,(H,17,18,19,20). The lowest BCUT2D eigenvalue weighted by Crippen LogP contribution is -2.08. The molecule has 1 N–H and O–H groups in total. The molecule has 1 aromatic heterocycles. The van der Waals surface area contributed by atoms with Crippen molar-refractivity contribution >= 4 is 33.5 Å². The molecule has 0 fully saturated rings. The van der Waals surface area contributed by atoms with E-state index in [4.69, 9.17) is 16.3 Å². The van der Waals surface area contributed by atoms with E-state index in [1.807, 2.05) is 6.92 Å². The van der Waals surface area contributed by atoms with Gasteiger partial charge in [-0.05, 0) is 41.8 Å². The number of ether oxygens (including phenoxy) is 1. The minimum atomic E-state index is -0.310. The minimum absolute atomic E-state index is 0.0388. The maximum atomic E-state index is 13.2. The van der Waals surface area contributed by atoms with Crippen LogP contribution in [0.2, 0.25) is 5.28 Å². The van der Waals surface area contributed by atoms with Crippen LogP contribution in [-0.4, -0.2) is 21.6 Å². The molecule has 2 aromatic rings. The Kier molecular flexibility index (Phi) is 5.69. The van der Waals surface area contributed by atoms with Gasteiger partial charge in [0.2, 0.25) is 11.2 Å². The molecule has 0 aliphatic carbocycles. The molecule has 8 heteroatoms. The van der Waals surface area contributed by atoms with Crippen molar-refractivity contribution < 1.29 is 9.13 Å². The molecule has 2 rings (SSSR count). The molecule has 1 aromatic carbocycles. The molecule has 0 radical (unpaired) electrons. The average molecular weight is 376 g/mol. The Labute approximate surface area is 135 Å². The van der Waals surface area contributed by atoms with E-state index in [1.54, 1.807) is 6.07 Å². The van der Waals surface area contributed by atoms with Crippen molar-refractivity contribution in [1.29, 1.82) is 0 Å². The zero-order chi connectivity index (χ0) is 15.2. The van der Waals surface area contributed by atoms with Crippen molar-refractivity contribution in [3.05, 3.63) is 39.3 Å². The summed E-state index contributed by atoms with van der Waals surface area (Å²) in [5.74, 6) is -0.0343.